The van der Waals surface area contributed by atoms with Crippen molar-refractivity contribution in [2.75, 3.05) is 19.8 Å². The normalized spacial score (nSPS) is 12.8. The van der Waals surface area contributed by atoms with Crippen molar-refractivity contribution in [3.8, 4) is 11.5 Å². The summed E-state index contributed by atoms with van der Waals surface area (Å²) in [7, 11) is 0. The quantitative estimate of drug-likeness (QED) is 0.270. The van der Waals surface area contributed by atoms with Gasteiger partial charge >= 0.3 is 0 Å². The van der Waals surface area contributed by atoms with E-state index in [1.807, 2.05) is 37.3 Å². The summed E-state index contributed by atoms with van der Waals surface area (Å²) in [5.74, 6) is 0.0566. The molecule has 7 nitrogen and oxygen atoms in total. The van der Waals surface area contributed by atoms with Gasteiger partial charge in [-0.1, -0.05) is 60.5 Å². The van der Waals surface area contributed by atoms with Crippen LogP contribution in [0, 0.1) is 0 Å². The second kappa shape index (κ2) is 13.3. The van der Waals surface area contributed by atoms with Crippen LogP contribution in [0.4, 0.5) is 0 Å². The molecule has 174 valence electrons. The van der Waals surface area contributed by atoms with E-state index in [4.69, 9.17) is 32.7 Å². The lowest BCUT2D eigenvalue weighted by Crippen LogP contribution is -2.49. The molecule has 2 amide bonds. The van der Waals surface area contributed by atoms with Crippen LogP contribution >= 0.6 is 23.2 Å². The van der Waals surface area contributed by atoms with Gasteiger partial charge in [-0.15, -0.1) is 0 Å². The first kappa shape index (κ1) is 25.9. The fourth-order valence-corrected chi connectivity index (χ4v) is 3.15. The van der Waals surface area contributed by atoms with Crippen LogP contribution in [0.25, 0.3) is 0 Å². The Bertz CT molecular complexity index is 849. The summed E-state index contributed by atoms with van der Waals surface area (Å²) in [6.45, 7) is 4.34. The molecular formula is C23H28Cl2N2O5. The Morgan fingerprint density at radius 2 is 1.66 bits per heavy atom. The smallest absolute Gasteiger partial charge is 0.257 e. The summed E-state index contributed by atoms with van der Waals surface area (Å²) in [4.78, 5) is 25.2. The van der Waals surface area contributed by atoms with Crippen LogP contribution in [0.2, 0.25) is 0 Å². The molecule has 0 bridgehead atoms. The highest BCUT2D eigenvalue weighted by Crippen LogP contribution is 2.26. The molecule has 0 radical (unpaired) electrons. The number of nitrogens with zero attached hydrogens (tertiary/aromatic N) is 1. The van der Waals surface area contributed by atoms with Crippen LogP contribution in [0.1, 0.15) is 32.0 Å². The predicted octanol–water partition coefficient (Wildman–Crippen LogP) is 4.03. The molecule has 0 aliphatic carbocycles. The summed E-state index contributed by atoms with van der Waals surface area (Å²) in [5, 5.41) is 12.7. The number of hydrogen-bond acceptors (Lipinski definition) is 5. The van der Waals surface area contributed by atoms with Crippen LogP contribution in [0.3, 0.4) is 0 Å². The molecule has 0 aliphatic rings. The van der Waals surface area contributed by atoms with Gasteiger partial charge in [0.25, 0.3) is 11.8 Å². The third-order valence-electron chi connectivity index (χ3n) is 4.61. The number of ether oxygens (including phenoxy) is 2. The highest BCUT2D eigenvalue weighted by molar-refractivity contribution is 6.53. The molecule has 0 fully saturated rings. The zero-order valence-corrected chi connectivity index (χ0v) is 19.6. The number of carbonyl (C=O) groups is 2. The number of aliphatic hydroxyl groups is 1. The van der Waals surface area contributed by atoms with E-state index >= 15 is 0 Å². The second-order valence-corrected chi connectivity index (χ2v) is 7.94. The van der Waals surface area contributed by atoms with E-state index < -0.39 is 28.9 Å². The Balaban J connectivity index is 2.33. The SMILES string of the molecule is CCOCCN(C(=O)C(Cl)Cl)C(NC(=O)C(O)CC)c1ccc(Oc2ccccc2)cc1. The first-order valence-corrected chi connectivity index (χ1v) is 11.2. The van der Waals surface area contributed by atoms with Crippen molar-refractivity contribution in [3.63, 3.8) is 0 Å². The van der Waals surface area contributed by atoms with E-state index in [0.717, 1.165) is 0 Å². The number of aliphatic hydroxyl groups excluding tert-OH is 1. The van der Waals surface area contributed by atoms with Crippen molar-refractivity contribution < 1.29 is 24.2 Å². The molecule has 2 N–H and O–H groups in total. The topological polar surface area (TPSA) is 88.1 Å². The number of amides is 2. The van der Waals surface area contributed by atoms with Crippen molar-refractivity contribution in [3.05, 3.63) is 60.2 Å². The number of rotatable bonds is 12. The van der Waals surface area contributed by atoms with Crippen molar-refractivity contribution in [2.24, 2.45) is 0 Å². The van der Waals surface area contributed by atoms with Gasteiger partial charge in [0.05, 0.1) is 6.61 Å². The van der Waals surface area contributed by atoms with Gasteiger partial charge in [0.2, 0.25) is 0 Å². The van der Waals surface area contributed by atoms with Gasteiger partial charge in [0.15, 0.2) is 4.84 Å². The number of alkyl halides is 2. The lowest BCUT2D eigenvalue weighted by atomic mass is 10.1. The van der Waals surface area contributed by atoms with Crippen LogP contribution in [-0.2, 0) is 14.3 Å². The molecular weight excluding hydrogens is 455 g/mol. The minimum Gasteiger partial charge on any atom is -0.457 e. The first-order valence-electron chi connectivity index (χ1n) is 10.3. The molecule has 32 heavy (non-hydrogen) atoms. The molecule has 2 rings (SSSR count). The number of para-hydroxylation sites is 1. The number of nitrogens with one attached hydrogen (secondary N) is 1. The number of halogens is 2. The summed E-state index contributed by atoms with van der Waals surface area (Å²) >= 11 is 11.7. The van der Waals surface area contributed by atoms with Gasteiger partial charge in [0.1, 0.15) is 23.8 Å². The Morgan fingerprint density at radius 1 is 1.03 bits per heavy atom. The Hall–Kier alpha value is -2.32. The zero-order chi connectivity index (χ0) is 23.5. The maximum Gasteiger partial charge on any atom is 0.257 e. The minimum atomic E-state index is -1.33. The van der Waals surface area contributed by atoms with Gasteiger partial charge in [-0.05, 0) is 43.2 Å². The lowest BCUT2D eigenvalue weighted by molar-refractivity contribution is -0.138. The molecule has 0 aliphatic heterocycles. The van der Waals surface area contributed by atoms with Gasteiger partial charge in [-0.2, -0.15) is 0 Å². The standard InChI is InChI=1S/C23H28Cl2N2O5/c1-3-19(28)22(29)26-21(27(14-15-31-4-2)23(30)20(24)25)16-10-12-18(13-11-16)32-17-8-6-5-7-9-17/h5-13,19-21,28H,3-4,14-15H2,1-2H3,(H,26,29). The third-order valence-corrected chi connectivity index (χ3v) is 4.98. The Kier molecular flexibility index (Phi) is 10.8. The molecule has 0 aromatic heterocycles. The van der Waals surface area contributed by atoms with Crippen molar-refractivity contribution >= 4 is 35.0 Å². The van der Waals surface area contributed by atoms with Crippen molar-refractivity contribution in [2.45, 2.75) is 37.4 Å². The predicted molar refractivity (Wildman–Crippen MR) is 124 cm³/mol. The summed E-state index contributed by atoms with van der Waals surface area (Å²) in [6.07, 6.45) is -1.91. The minimum absolute atomic E-state index is 0.137. The van der Waals surface area contributed by atoms with Crippen molar-refractivity contribution in [1.29, 1.82) is 0 Å². The summed E-state index contributed by atoms with van der Waals surface area (Å²) < 4.78 is 11.2. The largest absolute Gasteiger partial charge is 0.457 e. The van der Waals surface area contributed by atoms with Gasteiger partial charge < -0.3 is 24.8 Å². The molecule has 0 saturated heterocycles. The van der Waals surface area contributed by atoms with Gasteiger partial charge in [0, 0.05) is 13.2 Å². The lowest BCUT2D eigenvalue weighted by Gasteiger charge is -2.33. The molecule has 9 heteroatoms. The number of benzene rings is 2. The highest BCUT2D eigenvalue weighted by Gasteiger charge is 2.31. The zero-order valence-electron chi connectivity index (χ0n) is 18.0. The monoisotopic (exact) mass is 482 g/mol. The molecule has 2 aromatic rings. The van der Waals surface area contributed by atoms with Crippen LogP contribution in [0.15, 0.2) is 54.6 Å². The summed E-state index contributed by atoms with van der Waals surface area (Å²) in [5.41, 5.74) is 0.584. The van der Waals surface area contributed by atoms with Crippen molar-refractivity contribution in [1.82, 2.24) is 10.2 Å². The molecule has 2 unspecified atom stereocenters. The van der Waals surface area contributed by atoms with E-state index in [9.17, 15) is 14.7 Å². The molecule has 0 heterocycles. The fraction of sp³-hybridized carbons (Fsp3) is 0.391. The van der Waals surface area contributed by atoms with Gasteiger partial charge in [-0.25, -0.2) is 0 Å². The molecule has 0 spiro atoms. The van der Waals surface area contributed by atoms with Gasteiger partial charge in [-0.3, -0.25) is 9.59 Å². The van der Waals surface area contributed by atoms with Crippen LogP contribution in [-0.4, -0.2) is 52.5 Å². The Morgan fingerprint density at radius 3 is 2.22 bits per heavy atom. The highest BCUT2D eigenvalue weighted by atomic mass is 35.5. The maximum absolute atomic E-state index is 12.7. The van der Waals surface area contributed by atoms with Crippen LogP contribution < -0.4 is 10.1 Å². The Labute approximate surface area is 198 Å². The first-order chi connectivity index (χ1) is 15.4. The molecule has 2 aromatic carbocycles. The number of carbonyl (C=O) groups excluding carboxylic acids is 2. The van der Waals surface area contributed by atoms with E-state index in [-0.39, 0.29) is 19.6 Å². The van der Waals surface area contributed by atoms with E-state index in [1.54, 1.807) is 31.2 Å². The molecule has 2 atom stereocenters. The summed E-state index contributed by atoms with van der Waals surface area (Å²) in [6, 6.07) is 16.2. The number of hydrogen-bond donors (Lipinski definition) is 2. The molecule has 0 saturated carbocycles. The van der Waals surface area contributed by atoms with E-state index in [2.05, 4.69) is 5.32 Å². The second-order valence-electron chi connectivity index (χ2n) is 6.85. The maximum atomic E-state index is 12.7. The third kappa shape index (κ3) is 7.67. The van der Waals surface area contributed by atoms with E-state index in [1.165, 1.54) is 4.90 Å². The van der Waals surface area contributed by atoms with E-state index in [0.29, 0.717) is 23.7 Å². The average Bonchev–Trinajstić information content (AvgIpc) is 2.81. The fourth-order valence-electron chi connectivity index (χ4n) is 2.90. The average molecular weight is 483 g/mol. The van der Waals surface area contributed by atoms with Crippen LogP contribution in [0.5, 0.6) is 11.5 Å².